The van der Waals surface area contributed by atoms with Gasteiger partial charge in [0.25, 0.3) is 0 Å². The molecule has 0 heterocycles. The molecule has 0 unspecified atom stereocenters. The molecule has 0 saturated heterocycles. The molecule has 0 amide bonds. The van der Waals surface area contributed by atoms with Crippen LogP contribution in [0.15, 0.2) is 24.3 Å². The van der Waals surface area contributed by atoms with E-state index in [2.05, 4.69) is 22.6 Å². The van der Waals surface area contributed by atoms with Gasteiger partial charge in [-0.25, -0.2) is 0 Å². The average Bonchev–Trinajstić information content (AvgIpc) is 2.25. The summed E-state index contributed by atoms with van der Waals surface area (Å²) in [6.07, 6.45) is 0.945. The smallest absolute Gasteiger partial charge is 0.151 e. The van der Waals surface area contributed by atoms with E-state index >= 15 is 0 Å². The Morgan fingerprint density at radius 3 is 2.00 bits per heavy atom. The Morgan fingerprint density at radius 1 is 1.00 bits per heavy atom. The maximum Gasteiger partial charge on any atom is 0.151 e. The van der Waals surface area contributed by atoms with Gasteiger partial charge in [-0.1, -0.05) is 32.0 Å². The van der Waals surface area contributed by atoms with Crippen molar-refractivity contribution in [2.45, 2.75) is 39.0 Å². The molecule has 3 heteroatoms. The highest BCUT2D eigenvalue weighted by Gasteiger charge is 2.50. The van der Waals surface area contributed by atoms with E-state index in [0.717, 1.165) is 9.13 Å². The summed E-state index contributed by atoms with van der Waals surface area (Å²) in [6.45, 7) is 5.75. The number of carbonyl (C=O) groups is 2. The maximum absolute atomic E-state index is 12.5. The van der Waals surface area contributed by atoms with Crippen LogP contribution in [0.4, 0.5) is 0 Å². The van der Waals surface area contributed by atoms with Crippen LogP contribution in [0.5, 0.6) is 0 Å². The van der Waals surface area contributed by atoms with Gasteiger partial charge in [0, 0.05) is 16.4 Å². The molecule has 0 radical (unpaired) electrons. The first-order chi connectivity index (χ1) is 8.27. The van der Waals surface area contributed by atoms with Crippen LogP contribution in [0.3, 0.4) is 0 Å². The normalized spacial score (nSPS) is 22.0. The minimum Gasteiger partial charge on any atom is -0.298 e. The predicted octanol–water partition coefficient (Wildman–Crippen LogP) is 3.51. The van der Waals surface area contributed by atoms with E-state index in [1.807, 2.05) is 38.1 Å². The fraction of sp³-hybridized carbons (Fsp3) is 0.467. The number of hydrogen-bond acceptors (Lipinski definition) is 2. The summed E-state index contributed by atoms with van der Waals surface area (Å²) in [5, 5.41) is 0. The molecule has 0 bridgehead atoms. The highest BCUT2D eigenvalue weighted by atomic mass is 127. The molecule has 2 rings (SSSR count). The van der Waals surface area contributed by atoms with Crippen LogP contribution in [0.25, 0.3) is 0 Å². The second-order valence-corrected chi connectivity index (χ2v) is 7.13. The van der Waals surface area contributed by atoms with Gasteiger partial charge in [0.2, 0.25) is 0 Å². The third-order valence-corrected chi connectivity index (χ3v) is 4.75. The quantitative estimate of drug-likeness (QED) is 0.570. The lowest BCUT2D eigenvalue weighted by Gasteiger charge is -2.39. The molecule has 1 saturated carbocycles. The van der Waals surface area contributed by atoms with E-state index < -0.39 is 5.41 Å². The first-order valence-corrected chi connectivity index (χ1v) is 7.17. The number of halogens is 1. The van der Waals surface area contributed by atoms with Gasteiger partial charge in [-0.3, -0.25) is 9.59 Å². The van der Waals surface area contributed by atoms with E-state index in [0.29, 0.717) is 12.8 Å². The predicted molar refractivity (Wildman–Crippen MR) is 79.5 cm³/mol. The van der Waals surface area contributed by atoms with Crippen molar-refractivity contribution in [3.63, 3.8) is 0 Å². The number of ketones is 2. The Morgan fingerprint density at radius 2 is 1.50 bits per heavy atom. The monoisotopic (exact) mass is 356 g/mol. The van der Waals surface area contributed by atoms with Crippen LogP contribution in [0.1, 0.15) is 39.2 Å². The standard InChI is InChI=1S/C15H17IO2/c1-14(2)8-12(17)15(3,13(18)9-14)10-6-4-5-7-11(10)16/h4-7H,8-9H2,1-3H3. The summed E-state index contributed by atoms with van der Waals surface area (Å²) in [7, 11) is 0. The largest absolute Gasteiger partial charge is 0.298 e. The Hall–Kier alpha value is -0.710. The highest BCUT2D eigenvalue weighted by Crippen LogP contribution is 2.42. The second kappa shape index (κ2) is 4.44. The summed E-state index contributed by atoms with van der Waals surface area (Å²) in [5.74, 6) is 0.0979. The van der Waals surface area contributed by atoms with E-state index in [1.165, 1.54) is 0 Å². The van der Waals surface area contributed by atoms with Crippen molar-refractivity contribution >= 4 is 34.2 Å². The van der Waals surface area contributed by atoms with Crippen molar-refractivity contribution in [3.8, 4) is 0 Å². The van der Waals surface area contributed by atoms with Gasteiger partial charge in [-0.15, -0.1) is 0 Å². The van der Waals surface area contributed by atoms with Crippen LogP contribution in [-0.4, -0.2) is 11.6 Å². The summed E-state index contributed by atoms with van der Waals surface area (Å²) in [4.78, 5) is 24.9. The van der Waals surface area contributed by atoms with Gasteiger partial charge in [0.1, 0.15) is 5.41 Å². The van der Waals surface area contributed by atoms with Gasteiger partial charge >= 0.3 is 0 Å². The van der Waals surface area contributed by atoms with Crippen molar-refractivity contribution in [1.82, 2.24) is 0 Å². The van der Waals surface area contributed by atoms with Crippen molar-refractivity contribution < 1.29 is 9.59 Å². The molecule has 2 nitrogen and oxygen atoms in total. The van der Waals surface area contributed by atoms with Crippen LogP contribution in [-0.2, 0) is 15.0 Å². The number of benzene rings is 1. The third kappa shape index (κ3) is 2.13. The van der Waals surface area contributed by atoms with Crippen LogP contribution < -0.4 is 0 Å². The van der Waals surface area contributed by atoms with Gasteiger partial charge in [0.05, 0.1) is 0 Å². The molecule has 1 aromatic carbocycles. The second-order valence-electron chi connectivity index (χ2n) is 5.97. The fourth-order valence-corrected chi connectivity index (χ4v) is 3.53. The number of rotatable bonds is 1. The first-order valence-electron chi connectivity index (χ1n) is 6.09. The van der Waals surface area contributed by atoms with E-state index in [-0.39, 0.29) is 17.0 Å². The first kappa shape index (κ1) is 13.7. The van der Waals surface area contributed by atoms with Gasteiger partial charge in [-0.2, -0.15) is 0 Å². The zero-order chi connectivity index (χ0) is 13.6. The van der Waals surface area contributed by atoms with Gasteiger partial charge in [-0.05, 0) is 46.6 Å². The molecular weight excluding hydrogens is 339 g/mol. The number of Topliss-reactive ketones (excluding diaryl/α,β-unsaturated/α-hetero) is 2. The number of carbonyl (C=O) groups excluding carboxylic acids is 2. The topological polar surface area (TPSA) is 34.1 Å². The molecular formula is C15H17IO2. The lowest BCUT2D eigenvalue weighted by atomic mass is 9.62. The van der Waals surface area contributed by atoms with E-state index in [1.54, 1.807) is 6.92 Å². The molecule has 96 valence electrons. The van der Waals surface area contributed by atoms with Crippen LogP contribution in [0, 0.1) is 8.99 Å². The van der Waals surface area contributed by atoms with Gasteiger partial charge in [0.15, 0.2) is 11.6 Å². The van der Waals surface area contributed by atoms with E-state index in [9.17, 15) is 9.59 Å². The van der Waals surface area contributed by atoms with Crippen LogP contribution >= 0.6 is 22.6 Å². The molecule has 1 aromatic rings. The van der Waals surface area contributed by atoms with Crippen molar-refractivity contribution in [3.05, 3.63) is 33.4 Å². The Kier molecular flexibility index (Phi) is 3.38. The lowest BCUT2D eigenvalue weighted by Crippen LogP contribution is -2.49. The van der Waals surface area contributed by atoms with Crippen molar-refractivity contribution in [1.29, 1.82) is 0 Å². The lowest BCUT2D eigenvalue weighted by molar-refractivity contribution is -0.141. The maximum atomic E-state index is 12.5. The zero-order valence-corrected chi connectivity index (χ0v) is 13.1. The number of hydrogen-bond donors (Lipinski definition) is 0. The Balaban J connectivity index is 2.52. The zero-order valence-electron chi connectivity index (χ0n) is 10.9. The Labute approximate surface area is 121 Å². The minimum absolute atomic E-state index is 0.0490. The summed E-state index contributed by atoms with van der Waals surface area (Å²) in [6, 6.07) is 7.66. The summed E-state index contributed by atoms with van der Waals surface area (Å²) < 4.78 is 0.985. The molecule has 18 heavy (non-hydrogen) atoms. The molecule has 0 N–H and O–H groups in total. The molecule has 1 aliphatic carbocycles. The van der Waals surface area contributed by atoms with Crippen molar-refractivity contribution in [2.24, 2.45) is 5.41 Å². The molecule has 0 atom stereocenters. The highest BCUT2D eigenvalue weighted by molar-refractivity contribution is 14.1. The summed E-state index contributed by atoms with van der Waals surface area (Å²) >= 11 is 2.20. The molecule has 1 aliphatic rings. The van der Waals surface area contributed by atoms with E-state index in [4.69, 9.17) is 0 Å². The molecule has 1 fully saturated rings. The van der Waals surface area contributed by atoms with Crippen molar-refractivity contribution in [2.75, 3.05) is 0 Å². The van der Waals surface area contributed by atoms with Gasteiger partial charge < -0.3 is 0 Å². The molecule has 0 aromatic heterocycles. The fourth-order valence-electron chi connectivity index (χ4n) is 2.61. The SMILES string of the molecule is CC1(C)CC(=O)C(C)(c2ccccc2I)C(=O)C1. The molecule has 0 aliphatic heterocycles. The minimum atomic E-state index is -0.951. The van der Waals surface area contributed by atoms with Crippen LogP contribution in [0.2, 0.25) is 0 Å². The summed E-state index contributed by atoms with van der Waals surface area (Å²) in [5.41, 5.74) is -0.294. The molecule has 0 spiro atoms. The average molecular weight is 356 g/mol. The third-order valence-electron chi connectivity index (χ3n) is 3.81. The Bertz CT molecular complexity index is 497.